The van der Waals surface area contributed by atoms with E-state index in [0.717, 1.165) is 11.1 Å². The summed E-state index contributed by atoms with van der Waals surface area (Å²) in [6.45, 7) is 8.03. The van der Waals surface area contributed by atoms with Crippen molar-refractivity contribution >= 4 is 35.0 Å². The van der Waals surface area contributed by atoms with E-state index in [0.29, 0.717) is 61.6 Å². The van der Waals surface area contributed by atoms with Crippen LogP contribution < -0.4 is 20.4 Å². The van der Waals surface area contributed by atoms with Gasteiger partial charge in [-0.05, 0) is 56.2 Å². The van der Waals surface area contributed by atoms with E-state index in [-0.39, 0.29) is 18.2 Å². The number of anilines is 4. The summed E-state index contributed by atoms with van der Waals surface area (Å²) in [6.07, 6.45) is 0. The third-order valence-electron chi connectivity index (χ3n) is 6.92. The second-order valence-electron chi connectivity index (χ2n) is 10.4. The van der Waals surface area contributed by atoms with E-state index in [9.17, 15) is 20.0 Å². The van der Waals surface area contributed by atoms with Crippen LogP contribution in [0.3, 0.4) is 0 Å². The number of carbonyl (C=O) groups excluding carboxylic acids is 2. The molecule has 0 bridgehead atoms. The number of carbonyl (C=O) groups is 2. The number of amides is 2. The van der Waals surface area contributed by atoms with Gasteiger partial charge in [0.1, 0.15) is 11.5 Å². The van der Waals surface area contributed by atoms with Crippen molar-refractivity contribution in [2.75, 3.05) is 66.9 Å². The zero-order valence-electron chi connectivity index (χ0n) is 23.8. The number of hydrogen-bond acceptors (Lipinski definition) is 9. The van der Waals surface area contributed by atoms with Crippen molar-refractivity contribution in [2.24, 2.45) is 0 Å². The summed E-state index contributed by atoms with van der Waals surface area (Å²) in [5.74, 6) is 0.170. The van der Waals surface area contributed by atoms with Crippen LogP contribution in [-0.4, -0.2) is 73.4 Å². The molecule has 2 amide bonds. The van der Waals surface area contributed by atoms with Gasteiger partial charge in [0.15, 0.2) is 0 Å². The van der Waals surface area contributed by atoms with Gasteiger partial charge in [0.05, 0.1) is 31.3 Å². The van der Waals surface area contributed by atoms with Crippen molar-refractivity contribution in [3.05, 3.63) is 70.9 Å². The van der Waals surface area contributed by atoms with Crippen molar-refractivity contribution in [1.29, 1.82) is 5.26 Å². The first-order valence-corrected chi connectivity index (χ1v) is 13.4. The number of nitrogens with one attached hydrogen (secondary N) is 2. The molecule has 0 atom stereocenters. The molecule has 3 aromatic rings. The minimum atomic E-state index is -0.729. The van der Waals surface area contributed by atoms with Crippen LogP contribution in [0.2, 0.25) is 0 Å². The SMILES string of the molecule is Cc1ccc(NC(=O)c2cccc(C(C)(C)C#N)c2)cc1NC(=O)c1cc(N(C)CCO)nc(N2CCOCC2)n1. The molecule has 1 fully saturated rings. The highest BCUT2D eigenvalue weighted by Gasteiger charge is 2.22. The van der Waals surface area contributed by atoms with E-state index in [1.165, 1.54) is 0 Å². The number of benzene rings is 2. The number of nitriles is 1. The molecule has 0 aliphatic carbocycles. The molecule has 3 N–H and O–H groups in total. The molecule has 4 rings (SSSR count). The average Bonchev–Trinajstić information content (AvgIpc) is 2.99. The third-order valence-corrected chi connectivity index (χ3v) is 6.92. The Morgan fingerprint density at radius 3 is 2.56 bits per heavy atom. The Kier molecular flexibility index (Phi) is 9.17. The predicted molar refractivity (Wildman–Crippen MR) is 158 cm³/mol. The van der Waals surface area contributed by atoms with Crippen LogP contribution in [0.5, 0.6) is 0 Å². The maximum Gasteiger partial charge on any atom is 0.274 e. The van der Waals surface area contributed by atoms with Gasteiger partial charge in [-0.3, -0.25) is 9.59 Å². The lowest BCUT2D eigenvalue weighted by molar-refractivity contribution is 0.101. The molecule has 1 aliphatic heterocycles. The second-order valence-corrected chi connectivity index (χ2v) is 10.4. The first-order chi connectivity index (χ1) is 19.6. The highest BCUT2D eigenvalue weighted by atomic mass is 16.5. The Labute approximate surface area is 239 Å². The lowest BCUT2D eigenvalue weighted by Gasteiger charge is -2.28. The Balaban J connectivity index is 1.56. The van der Waals surface area contributed by atoms with Gasteiger partial charge >= 0.3 is 0 Å². The fraction of sp³-hybridized carbons (Fsp3) is 0.367. The first kappa shape index (κ1) is 29.5. The van der Waals surface area contributed by atoms with E-state index < -0.39 is 11.3 Å². The van der Waals surface area contributed by atoms with E-state index >= 15 is 0 Å². The lowest BCUT2D eigenvalue weighted by Crippen LogP contribution is -2.38. The molecule has 2 heterocycles. The van der Waals surface area contributed by atoms with Gasteiger partial charge in [0, 0.05) is 49.7 Å². The fourth-order valence-corrected chi connectivity index (χ4v) is 4.24. The van der Waals surface area contributed by atoms with Crippen molar-refractivity contribution in [2.45, 2.75) is 26.2 Å². The fourth-order valence-electron chi connectivity index (χ4n) is 4.24. The standard InChI is InChI=1S/C30H35N7O4/c1-20-8-9-23(32-27(39)21-6-5-7-22(16-21)30(2,3)19-31)17-24(20)33-28(40)25-18-26(36(4)10-13-38)35-29(34-25)37-11-14-41-15-12-37/h5-9,16-18,38H,10-15H2,1-4H3,(H,32,39)(H,33,40). The van der Waals surface area contributed by atoms with E-state index in [1.807, 2.05) is 17.9 Å². The molecule has 1 aromatic heterocycles. The minimum Gasteiger partial charge on any atom is -0.395 e. The molecule has 0 radical (unpaired) electrons. The molecular weight excluding hydrogens is 522 g/mol. The maximum atomic E-state index is 13.4. The Morgan fingerprint density at radius 1 is 1.10 bits per heavy atom. The molecule has 0 spiro atoms. The quantitative estimate of drug-likeness (QED) is 0.361. The Bertz CT molecular complexity index is 1460. The van der Waals surface area contributed by atoms with Crippen LogP contribution in [0.1, 0.15) is 45.8 Å². The van der Waals surface area contributed by atoms with Crippen LogP contribution in [0, 0.1) is 18.3 Å². The number of ether oxygens (including phenoxy) is 1. The van der Waals surface area contributed by atoms with E-state index in [1.54, 1.807) is 68.3 Å². The number of hydrogen-bond donors (Lipinski definition) is 3. The maximum absolute atomic E-state index is 13.4. The van der Waals surface area contributed by atoms with Gasteiger partial charge in [0.25, 0.3) is 11.8 Å². The molecule has 0 saturated carbocycles. The summed E-state index contributed by atoms with van der Waals surface area (Å²) in [5.41, 5.74) is 2.43. The molecule has 41 heavy (non-hydrogen) atoms. The van der Waals surface area contributed by atoms with E-state index in [2.05, 4.69) is 26.7 Å². The molecule has 1 aliphatic rings. The van der Waals surface area contributed by atoms with Gasteiger partial charge in [-0.1, -0.05) is 18.2 Å². The van der Waals surface area contributed by atoms with Gasteiger partial charge in [-0.2, -0.15) is 10.2 Å². The molecule has 11 heteroatoms. The van der Waals surface area contributed by atoms with Crippen LogP contribution in [0.15, 0.2) is 48.5 Å². The highest BCUT2D eigenvalue weighted by molar-refractivity contribution is 6.06. The molecule has 11 nitrogen and oxygen atoms in total. The number of likely N-dealkylation sites (N-methyl/N-ethyl adjacent to an activating group) is 1. The van der Waals surface area contributed by atoms with Crippen molar-refractivity contribution < 1.29 is 19.4 Å². The Hall–Kier alpha value is -4.53. The van der Waals surface area contributed by atoms with Crippen molar-refractivity contribution in [3.63, 3.8) is 0 Å². The van der Waals surface area contributed by atoms with Crippen LogP contribution in [0.25, 0.3) is 0 Å². The van der Waals surface area contributed by atoms with Crippen molar-refractivity contribution in [1.82, 2.24) is 9.97 Å². The van der Waals surface area contributed by atoms with E-state index in [4.69, 9.17) is 4.74 Å². The summed E-state index contributed by atoms with van der Waals surface area (Å²) in [4.78, 5) is 39.3. The molecule has 2 aromatic carbocycles. The zero-order chi connectivity index (χ0) is 29.6. The summed E-state index contributed by atoms with van der Waals surface area (Å²) in [6, 6.07) is 16.1. The van der Waals surface area contributed by atoms with Gasteiger partial charge < -0.3 is 30.3 Å². The van der Waals surface area contributed by atoms with Gasteiger partial charge in [0.2, 0.25) is 5.95 Å². The number of aromatic nitrogens is 2. The third kappa shape index (κ3) is 7.16. The number of aliphatic hydroxyl groups is 1. The number of rotatable bonds is 9. The monoisotopic (exact) mass is 557 g/mol. The molecule has 0 unspecified atom stereocenters. The smallest absolute Gasteiger partial charge is 0.274 e. The molecule has 214 valence electrons. The van der Waals surface area contributed by atoms with Gasteiger partial charge in [-0.15, -0.1) is 0 Å². The van der Waals surface area contributed by atoms with Crippen LogP contribution in [-0.2, 0) is 10.2 Å². The summed E-state index contributed by atoms with van der Waals surface area (Å²) >= 11 is 0. The van der Waals surface area contributed by atoms with Crippen LogP contribution in [0.4, 0.5) is 23.1 Å². The van der Waals surface area contributed by atoms with Crippen molar-refractivity contribution in [3.8, 4) is 6.07 Å². The number of aliphatic hydroxyl groups excluding tert-OH is 1. The summed E-state index contributed by atoms with van der Waals surface area (Å²) < 4.78 is 5.44. The number of nitrogens with zero attached hydrogens (tertiary/aromatic N) is 5. The largest absolute Gasteiger partial charge is 0.395 e. The average molecular weight is 558 g/mol. The second kappa shape index (κ2) is 12.8. The number of aryl methyl sites for hydroxylation is 1. The molecule has 1 saturated heterocycles. The lowest BCUT2D eigenvalue weighted by atomic mass is 9.85. The summed E-state index contributed by atoms with van der Waals surface area (Å²) in [5, 5.41) is 24.7. The Morgan fingerprint density at radius 2 is 1.85 bits per heavy atom. The normalized spacial score (nSPS) is 13.3. The van der Waals surface area contributed by atoms with Crippen LogP contribution >= 0.6 is 0 Å². The minimum absolute atomic E-state index is 0.0625. The highest BCUT2D eigenvalue weighted by Crippen LogP contribution is 2.25. The number of morpholine rings is 1. The zero-order valence-corrected chi connectivity index (χ0v) is 23.8. The van der Waals surface area contributed by atoms with Gasteiger partial charge in [-0.25, -0.2) is 4.98 Å². The predicted octanol–water partition coefficient (Wildman–Crippen LogP) is 3.36. The first-order valence-electron chi connectivity index (χ1n) is 13.4. The molecular formula is C30H35N7O4. The topological polar surface area (TPSA) is 144 Å². The summed E-state index contributed by atoms with van der Waals surface area (Å²) in [7, 11) is 1.79.